The summed E-state index contributed by atoms with van der Waals surface area (Å²) in [5.41, 5.74) is 6.56. The molecule has 0 bridgehead atoms. The Kier molecular flexibility index (Phi) is 13.2. The summed E-state index contributed by atoms with van der Waals surface area (Å²) in [4.78, 5) is 49.7. The van der Waals surface area contributed by atoms with Crippen molar-refractivity contribution in [2.24, 2.45) is 11.7 Å². The lowest BCUT2D eigenvalue weighted by Gasteiger charge is -2.25. The van der Waals surface area contributed by atoms with Gasteiger partial charge >= 0.3 is 5.97 Å². The fourth-order valence-electron chi connectivity index (χ4n) is 3.15. The number of aliphatic hydroxyl groups is 1. The Hall–Kier alpha value is -2.63. The van der Waals surface area contributed by atoms with Crippen LogP contribution < -0.4 is 21.7 Å². The normalized spacial score (nSPS) is 14.5. The van der Waals surface area contributed by atoms with Gasteiger partial charge in [0, 0.05) is 6.42 Å². The largest absolute Gasteiger partial charge is 0.480 e. The highest BCUT2D eigenvalue weighted by atomic mass is 32.2. The van der Waals surface area contributed by atoms with Crippen molar-refractivity contribution in [1.29, 1.82) is 0 Å². The number of amides is 3. The Morgan fingerprint density at radius 1 is 0.941 bits per heavy atom. The van der Waals surface area contributed by atoms with Crippen LogP contribution in [0.2, 0.25) is 0 Å². The SMILES string of the molecule is CSCCC(N)C(=O)NC(CO)C(=O)NC(Cc1ccccc1)C(=O)NC(CC(C)C)C(=O)O. The van der Waals surface area contributed by atoms with Crippen molar-refractivity contribution in [3.05, 3.63) is 35.9 Å². The summed E-state index contributed by atoms with van der Waals surface area (Å²) in [5.74, 6) is -2.54. The van der Waals surface area contributed by atoms with Crippen LogP contribution in [0.25, 0.3) is 0 Å². The van der Waals surface area contributed by atoms with Crippen molar-refractivity contribution in [1.82, 2.24) is 16.0 Å². The molecule has 190 valence electrons. The highest BCUT2D eigenvalue weighted by Crippen LogP contribution is 2.08. The van der Waals surface area contributed by atoms with Crippen molar-refractivity contribution in [3.8, 4) is 0 Å². The van der Waals surface area contributed by atoms with E-state index in [-0.39, 0.29) is 18.8 Å². The summed E-state index contributed by atoms with van der Waals surface area (Å²) in [7, 11) is 0. The first-order valence-corrected chi connectivity index (χ1v) is 12.5. The van der Waals surface area contributed by atoms with Gasteiger partial charge in [-0.2, -0.15) is 11.8 Å². The van der Waals surface area contributed by atoms with Crippen molar-refractivity contribution >= 4 is 35.5 Å². The van der Waals surface area contributed by atoms with Crippen molar-refractivity contribution in [2.75, 3.05) is 18.6 Å². The number of benzene rings is 1. The van der Waals surface area contributed by atoms with E-state index in [2.05, 4.69) is 16.0 Å². The Bertz CT molecular complexity index is 808. The topological polar surface area (TPSA) is 171 Å². The number of hydrogen-bond acceptors (Lipinski definition) is 7. The van der Waals surface area contributed by atoms with Crippen LogP contribution in [0.5, 0.6) is 0 Å². The minimum atomic E-state index is -1.31. The van der Waals surface area contributed by atoms with Gasteiger partial charge in [0.2, 0.25) is 17.7 Å². The van der Waals surface area contributed by atoms with E-state index in [1.165, 1.54) is 11.8 Å². The van der Waals surface area contributed by atoms with E-state index < -0.39 is 54.5 Å². The Morgan fingerprint density at radius 2 is 1.50 bits per heavy atom. The summed E-state index contributed by atoms with van der Waals surface area (Å²) in [6, 6.07) is 4.49. The molecule has 0 saturated heterocycles. The van der Waals surface area contributed by atoms with Crippen LogP contribution in [0.15, 0.2) is 30.3 Å². The maximum absolute atomic E-state index is 13.0. The first kappa shape index (κ1) is 29.4. The summed E-state index contributed by atoms with van der Waals surface area (Å²) < 4.78 is 0. The van der Waals surface area contributed by atoms with E-state index >= 15 is 0 Å². The zero-order chi connectivity index (χ0) is 25.7. The molecule has 1 rings (SSSR count). The third-order valence-electron chi connectivity index (χ3n) is 5.02. The number of aliphatic hydroxyl groups excluding tert-OH is 1. The molecular formula is C23H36N4O6S. The molecule has 1 aromatic rings. The van der Waals surface area contributed by atoms with Gasteiger partial charge < -0.3 is 31.9 Å². The van der Waals surface area contributed by atoms with E-state index in [0.717, 1.165) is 5.56 Å². The Labute approximate surface area is 204 Å². The molecule has 0 radical (unpaired) electrons. The predicted molar refractivity (Wildman–Crippen MR) is 131 cm³/mol. The lowest BCUT2D eigenvalue weighted by atomic mass is 10.0. The number of carboxylic acid groups (broad SMARTS) is 1. The second-order valence-electron chi connectivity index (χ2n) is 8.41. The highest BCUT2D eigenvalue weighted by molar-refractivity contribution is 7.98. The van der Waals surface area contributed by atoms with Crippen LogP contribution in [-0.4, -0.2) is 76.7 Å². The second-order valence-corrected chi connectivity index (χ2v) is 9.40. The maximum atomic E-state index is 13.0. The molecule has 34 heavy (non-hydrogen) atoms. The maximum Gasteiger partial charge on any atom is 0.326 e. The van der Waals surface area contributed by atoms with Gasteiger partial charge in [0.15, 0.2) is 0 Å². The number of rotatable bonds is 15. The molecular weight excluding hydrogens is 460 g/mol. The molecule has 0 aliphatic heterocycles. The summed E-state index contributed by atoms with van der Waals surface area (Å²) in [6.45, 7) is 2.98. The monoisotopic (exact) mass is 496 g/mol. The Balaban J connectivity index is 2.98. The lowest BCUT2D eigenvalue weighted by molar-refractivity contribution is -0.142. The number of nitrogens with one attached hydrogen (secondary N) is 3. The van der Waals surface area contributed by atoms with E-state index in [1.54, 1.807) is 30.3 Å². The van der Waals surface area contributed by atoms with E-state index in [9.17, 15) is 29.4 Å². The molecule has 11 heteroatoms. The van der Waals surface area contributed by atoms with Gasteiger partial charge in [-0.05, 0) is 36.3 Å². The van der Waals surface area contributed by atoms with E-state index in [0.29, 0.717) is 12.2 Å². The zero-order valence-electron chi connectivity index (χ0n) is 19.8. The quantitative estimate of drug-likeness (QED) is 0.195. The minimum absolute atomic E-state index is 0.0212. The molecule has 0 spiro atoms. The molecule has 0 heterocycles. The van der Waals surface area contributed by atoms with Crippen LogP contribution in [0.1, 0.15) is 32.3 Å². The molecule has 0 fully saturated rings. The van der Waals surface area contributed by atoms with Crippen LogP contribution in [-0.2, 0) is 25.6 Å². The van der Waals surface area contributed by atoms with Gasteiger partial charge in [-0.3, -0.25) is 14.4 Å². The standard InChI is InChI=1S/C23H36N4O6S/c1-14(2)11-18(23(32)33)26-21(30)17(12-15-7-5-4-6-8-15)25-22(31)19(13-28)27-20(29)16(24)9-10-34-3/h4-8,14,16-19,28H,9-13,24H2,1-3H3,(H,25,31)(H,26,30)(H,27,29)(H,32,33). The van der Waals surface area contributed by atoms with Crippen molar-refractivity contribution in [2.45, 2.75) is 57.3 Å². The first-order chi connectivity index (χ1) is 16.1. The fraction of sp³-hybridized carbons (Fsp3) is 0.565. The number of aliphatic carboxylic acids is 1. The molecule has 0 aromatic heterocycles. The first-order valence-electron chi connectivity index (χ1n) is 11.1. The molecule has 0 aliphatic rings. The second kappa shape index (κ2) is 15.3. The number of nitrogens with two attached hydrogens (primary N) is 1. The predicted octanol–water partition coefficient (Wildman–Crippen LogP) is -0.113. The molecule has 0 saturated carbocycles. The third-order valence-corrected chi connectivity index (χ3v) is 5.67. The number of carbonyl (C=O) groups excluding carboxylic acids is 3. The number of carbonyl (C=O) groups is 4. The van der Waals surface area contributed by atoms with Gasteiger partial charge in [0.1, 0.15) is 18.1 Å². The molecule has 3 amide bonds. The van der Waals surface area contributed by atoms with Crippen molar-refractivity contribution in [3.63, 3.8) is 0 Å². The smallest absolute Gasteiger partial charge is 0.326 e. The van der Waals surface area contributed by atoms with E-state index in [4.69, 9.17) is 5.73 Å². The van der Waals surface area contributed by atoms with Gasteiger partial charge in [0.25, 0.3) is 0 Å². The average Bonchev–Trinajstić information content (AvgIpc) is 2.79. The summed E-state index contributed by atoms with van der Waals surface area (Å²) in [5, 5.41) is 26.6. The van der Waals surface area contributed by atoms with Crippen LogP contribution in [0.3, 0.4) is 0 Å². The molecule has 4 unspecified atom stereocenters. The summed E-state index contributed by atoms with van der Waals surface area (Å²) >= 11 is 1.53. The number of hydrogen-bond donors (Lipinski definition) is 6. The van der Waals surface area contributed by atoms with Crippen LogP contribution >= 0.6 is 11.8 Å². The van der Waals surface area contributed by atoms with E-state index in [1.807, 2.05) is 20.1 Å². The molecule has 1 aromatic carbocycles. The average molecular weight is 497 g/mol. The Morgan fingerprint density at radius 3 is 2.03 bits per heavy atom. The molecule has 4 atom stereocenters. The van der Waals surface area contributed by atoms with Crippen molar-refractivity contribution < 1.29 is 29.4 Å². The minimum Gasteiger partial charge on any atom is -0.480 e. The molecule has 10 nitrogen and oxygen atoms in total. The van der Waals surface area contributed by atoms with Gasteiger partial charge in [-0.25, -0.2) is 4.79 Å². The number of carboxylic acids is 1. The third kappa shape index (κ3) is 10.5. The van der Waals surface area contributed by atoms with Gasteiger partial charge in [0.05, 0.1) is 12.6 Å². The van der Waals surface area contributed by atoms with Gasteiger partial charge in [-0.15, -0.1) is 0 Å². The summed E-state index contributed by atoms with van der Waals surface area (Å²) in [6.07, 6.45) is 2.59. The zero-order valence-corrected chi connectivity index (χ0v) is 20.6. The van der Waals surface area contributed by atoms with Gasteiger partial charge in [-0.1, -0.05) is 44.2 Å². The molecule has 7 N–H and O–H groups in total. The highest BCUT2D eigenvalue weighted by Gasteiger charge is 2.30. The molecule has 0 aliphatic carbocycles. The van der Waals surface area contributed by atoms with Crippen LogP contribution in [0.4, 0.5) is 0 Å². The number of thioether (sulfide) groups is 1. The fourth-order valence-corrected chi connectivity index (χ4v) is 3.63. The lowest BCUT2D eigenvalue weighted by Crippen LogP contribution is -2.58. The van der Waals surface area contributed by atoms with Crippen LogP contribution in [0, 0.1) is 5.92 Å².